The van der Waals surface area contributed by atoms with Crippen LogP contribution in [-0.2, 0) is 4.79 Å². The van der Waals surface area contributed by atoms with Crippen LogP contribution >= 0.6 is 11.6 Å². The molecule has 1 atom stereocenters. The molecule has 0 radical (unpaired) electrons. The number of carbonyl (C=O) groups is 1. The topological polar surface area (TPSA) is 42.0 Å². The van der Waals surface area contributed by atoms with E-state index in [2.05, 4.69) is 10.3 Å². The highest BCUT2D eigenvalue weighted by molar-refractivity contribution is 6.32. The molecule has 0 saturated heterocycles. The number of amides is 1. The van der Waals surface area contributed by atoms with Crippen molar-refractivity contribution in [3.63, 3.8) is 0 Å². The maximum Gasteiger partial charge on any atom is 0.227 e. The zero-order valence-corrected chi connectivity index (χ0v) is 9.29. The summed E-state index contributed by atoms with van der Waals surface area (Å²) in [6.07, 6.45) is 3.92. The number of aromatic nitrogens is 1. The molecular weight excluding hydrogens is 212 g/mol. The van der Waals surface area contributed by atoms with Crippen LogP contribution in [-0.4, -0.2) is 10.9 Å². The van der Waals surface area contributed by atoms with Gasteiger partial charge in [0.05, 0.1) is 5.69 Å². The number of nitrogens with one attached hydrogen (secondary N) is 1. The van der Waals surface area contributed by atoms with Gasteiger partial charge in [0, 0.05) is 12.1 Å². The third kappa shape index (κ3) is 2.48. The molecule has 1 N–H and O–H groups in total. The van der Waals surface area contributed by atoms with Crippen LogP contribution in [0.2, 0.25) is 5.15 Å². The van der Waals surface area contributed by atoms with Crippen molar-refractivity contribution >= 4 is 23.2 Å². The summed E-state index contributed by atoms with van der Waals surface area (Å²) in [5.41, 5.74) is 0.594. The van der Waals surface area contributed by atoms with Gasteiger partial charge in [-0.25, -0.2) is 4.98 Å². The summed E-state index contributed by atoms with van der Waals surface area (Å²) in [4.78, 5) is 15.7. The quantitative estimate of drug-likeness (QED) is 0.803. The van der Waals surface area contributed by atoms with Crippen LogP contribution in [0.25, 0.3) is 0 Å². The molecule has 0 aliphatic heterocycles. The summed E-state index contributed by atoms with van der Waals surface area (Å²) in [6, 6.07) is 3.51. The molecule has 1 unspecified atom stereocenters. The second kappa shape index (κ2) is 4.19. The minimum atomic E-state index is 0.0346. The monoisotopic (exact) mass is 224 g/mol. The van der Waals surface area contributed by atoms with Gasteiger partial charge in [0.15, 0.2) is 5.15 Å². The van der Waals surface area contributed by atoms with Crippen LogP contribution < -0.4 is 5.32 Å². The van der Waals surface area contributed by atoms with Crippen LogP contribution in [0.15, 0.2) is 18.3 Å². The molecule has 80 valence electrons. The molecule has 0 aromatic carbocycles. The maximum atomic E-state index is 11.7. The molecule has 0 bridgehead atoms. The van der Waals surface area contributed by atoms with Crippen LogP contribution in [0.5, 0.6) is 0 Å². The molecule has 1 aliphatic rings. The maximum absolute atomic E-state index is 11.7. The van der Waals surface area contributed by atoms with E-state index >= 15 is 0 Å². The Morgan fingerprint density at radius 1 is 1.67 bits per heavy atom. The van der Waals surface area contributed by atoms with E-state index in [1.807, 2.05) is 6.92 Å². The van der Waals surface area contributed by atoms with E-state index in [1.54, 1.807) is 18.3 Å². The summed E-state index contributed by atoms with van der Waals surface area (Å²) in [5, 5.41) is 3.14. The SMILES string of the molecule is CC(C(=O)Nc1cccnc1Cl)C1CC1. The Morgan fingerprint density at radius 3 is 3.00 bits per heavy atom. The van der Waals surface area contributed by atoms with Gasteiger partial charge in [-0.2, -0.15) is 0 Å². The van der Waals surface area contributed by atoms with Gasteiger partial charge >= 0.3 is 0 Å². The van der Waals surface area contributed by atoms with E-state index in [0.717, 1.165) is 12.8 Å². The number of hydrogen-bond acceptors (Lipinski definition) is 2. The Kier molecular flexibility index (Phi) is 2.91. The van der Waals surface area contributed by atoms with Gasteiger partial charge in [-0.05, 0) is 30.9 Å². The summed E-state index contributed by atoms with van der Waals surface area (Å²) in [5.74, 6) is 0.661. The highest BCUT2D eigenvalue weighted by Crippen LogP contribution is 2.37. The van der Waals surface area contributed by atoms with Crippen LogP contribution in [0, 0.1) is 11.8 Å². The fraction of sp³-hybridized carbons (Fsp3) is 0.455. The number of rotatable bonds is 3. The lowest BCUT2D eigenvalue weighted by molar-refractivity contribution is -0.119. The molecule has 15 heavy (non-hydrogen) atoms. The third-order valence-corrected chi connectivity index (χ3v) is 3.06. The van der Waals surface area contributed by atoms with Crippen LogP contribution in [0.1, 0.15) is 19.8 Å². The molecule has 4 heteroatoms. The Bertz CT molecular complexity index is 377. The van der Waals surface area contributed by atoms with Crippen molar-refractivity contribution in [2.45, 2.75) is 19.8 Å². The van der Waals surface area contributed by atoms with E-state index in [4.69, 9.17) is 11.6 Å². The number of pyridine rings is 1. The van der Waals surface area contributed by atoms with Gasteiger partial charge in [0.1, 0.15) is 0 Å². The van der Waals surface area contributed by atoms with Gasteiger partial charge in [-0.15, -0.1) is 0 Å². The molecule has 1 saturated carbocycles. The molecule has 3 nitrogen and oxygen atoms in total. The lowest BCUT2D eigenvalue weighted by Crippen LogP contribution is -2.22. The zero-order chi connectivity index (χ0) is 10.8. The van der Waals surface area contributed by atoms with Gasteiger partial charge in [-0.3, -0.25) is 4.79 Å². The van der Waals surface area contributed by atoms with Crippen molar-refractivity contribution in [2.24, 2.45) is 11.8 Å². The molecule has 1 fully saturated rings. The molecule has 1 aromatic heterocycles. The average Bonchev–Trinajstić information content (AvgIpc) is 3.04. The van der Waals surface area contributed by atoms with Crippen molar-refractivity contribution < 1.29 is 4.79 Å². The van der Waals surface area contributed by atoms with Gasteiger partial charge in [0.25, 0.3) is 0 Å². The van der Waals surface area contributed by atoms with Crippen molar-refractivity contribution in [3.8, 4) is 0 Å². The van der Waals surface area contributed by atoms with E-state index in [0.29, 0.717) is 16.8 Å². The van der Waals surface area contributed by atoms with E-state index in [9.17, 15) is 4.79 Å². The van der Waals surface area contributed by atoms with Crippen molar-refractivity contribution in [2.75, 3.05) is 5.32 Å². The Balaban J connectivity index is 2.02. The first-order chi connectivity index (χ1) is 7.18. The number of anilines is 1. The number of halogens is 1. The van der Waals surface area contributed by atoms with E-state index in [1.165, 1.54) is 0 Å². The summed E-state index contributed by atoms with van der Waals surface area (Å²) in [7, 11) is 0. The molecule has 2 rings (SSSR count). The molecule has 1 amide bonds. The van der Waals surface area contributed by atoms with Crippen molar-refractivity contribution in [1.82, 2.24) is 4.98 Å². The fourth-order valence-corrected chi connectivity index (χ4v) is 1.70. The van der Waals surface area contributed by atoms with Gasteiger partial charge < -0.3 is 5.32 Å². The normalized spacial score (nSPS) is 17.2. The third-order valence-electron chi connectivity index (χ3n) is 2.76. The smallest absolute Gasteiger partial charge is 0.227 e. The van der Waals surface area contributed by atoms with E-state index in [-0.39, 0.29) is 11.8 Å². The molecule has 0 spiro atoms. The van der Waals surface area contributed by atoms with E-state index < -0.39 is 0 Å². The highest BCUT2D eigenvalue weighted by atomic mass is 35.5. The molecule has 1 aromatic rings. The van der Waals surface area contributed by atoms with Crippen molar-refractivity contribution in [3.05, 3.63) is 23.5 Å². The lowest BCUT2D eigenvalue weighted by atomic mass is 10.1. The molecular formula is C11H13ClN2O. The Morgan fingerprint density at radius 2 is 2.40 bits per heavy atom. The van der Waals surface area contributed by atoms with Crippen LogP contribution in [0.4, 0.5) is 5.69 Å². The first kappa shape index (κ1) is 10.4. The zero-order valence-electron chi connectivity index (χ0n) is 8.53. The highest BCUT2D eigenvalue weighted by Gasteiger charge is 2.32. The predicted molar refractivity (Wildman–Crippen MR) is 59.8 cm³/mol. The standard InChI is InChI=1S/C11H13ClN2O/c1-7(8-4-5-8)11(15)14-9-3-2-6-13-10(9)12/h2-3,6-8H,4-5H2,1H3,(H,14,15). The summed E-state index contributed by atoms with van der Waals surface area (Å²) >= 11 is 5.84. The summed E-state index contributed by atoms with van der Waals surface area (Å²) < 4.78 is 0. The number of nitrogens with zero attached hydrogens (tertiary/aromatic N) is 1. The molecule has 1 heterocycles. The van der Waals surface area contributed by atoms with Gasteiger partial charge in [0.2, 0.25) is 5.91 Å². The second-order valence-corrected chi connectivity index (χ2v) is 4.32. The lowest BCUT2D eigenvalue weighted by Gasteiger charge is -2.11. The Labute approximate surface area is 93.8 Å². The largest absolute Gasteiger partial charge is 0.323 e. The molecule has 1 aliphatic carbocycles. The van der Waals surface area contributed by atoms with Gasteiger partial charge in [-0.1, -0.05) is 18.5 Å². The summed E-state index contributed by atoms with van der Waals surface area (Å²) in [6.45, 7) is 1.96. The minimum absolute atomic E-state index is 0.0346. The second-order valence-electron chi connectivity index (χ2n) is 3.96. The predicted octanol–water partition coefficient (Wildman–Crippen LogP) is 2.72. The first-order valence-electron chi connectivity index (χ1n) is 5.10. The Hall–Kier alpha value is -1.09. The van der Waals surface area contributed by atoms with Crippen LogP contribution in [0.3, 0.4) is 0 Å². The first-order valence-corrected chi connectivity index (χ1v) is 5.47. The average molecular weight is 225 g/mol. The minimum Gasteiger partial charge on any atom is -0.323 e. The fourth-order valence-electron chi connectivity index (χ4n) is 1.54. The number of carbonyl (C=O) groups excluding carboxylic acids is 1. The number of hydrogen-bond donors (Lipinski definition) is 1. The van der Waals surface area contributed by atoms with Crippen molar-refractivity contribution in [1.29, 1.82) is 0 Å².